The van der Waals surface area contributed by atoms with Gasteiger partial charge in [0.05, 0.1) is 22.2 Å². The first-order valence-corrected chi connectivity index (χ1v) is 11.5. The van der Waals surface area contributed by atoms with Gasteiger partial charge < -0.3 is 24.3 Å². The number of nitrogens with one attached hydrogen (secondary N) is 2. The molecular formula is C24H38BN3O4. The molecule has 2 atom stereocenters. The molecule has 1 aliphatic rings. The Morgan fingerprint density at radius 3 is 2.41 bits per heavy atom. The van der Waals surface area contributed by atoms with E-state index < -0.39 is 12.7 Å². The van der Waals surface area contributed by atoms with Gasteiger partial charge in [0, 0.05) is 12.5 Å². The second-order valence-corrected chi connectivity index (χ2v) is 11.0. The van der Waals surface area contributed by atoms with Crippen LogP contribution in [0.1, 0.15) is 74.6 Å². The summed E-state index contributed by atoms with van der Waals surface area (Å²) >= 11 is 0. The predicted molar refractivity (Wildman–Crippen MR) is 128 cm³/mol. The second-order valence-electron chi connectivity index (χ2n) is 11.0. The van der Waals surface area contributed by atoms with Crippen molar-refractivity contribution in [2.75, 3.05) is 0 Å². The lowest BCUT2D eigenvalue weighted by molar-refractivity contribution is 0.00578. The first-order chi connectivity index (χ1) is 14.7. The molecule has 2 heterocycles. The molecule has 2 N–H and O–H groups in total. The highest BCUT2D eigenvalue weighted by molar-refractivity contribution is 6.62. The minimum atomic E-state index is -0.500. The number of benzene rings is 1. The Kier molecular flexibility index (Phi) is 6.69. The number of fused-ring (bicyclic) bond motifs is 1. The number of rotatable bonds is 6. The first kappa shape index (κ1) is 24.6. The number of carbonyl (C=O) groups is 1. The smallest absolute Gasteiger partial charge is 0.444 e. The predicted octanol–water partition coefficient (Wildman–Crippen LogP) is 4.34. The maximum Gasteiger partial charge on any atom is 0.494 e. The molecule has 0 bridgehead atoms. The molecule has 0 radical (unpaired) electrons. The Bertz CT molecular complexity index is 948. The Labute approximate surface area is 192 Å². The summed E-state index contributed by atoms with van der Waals surface area (Å²) in [6, 6.07) is 6.09. The largest absolute Gasteiger partial charge is 0.494 e. The van der Waals surface area contributed by atoms with E-state index in [1.54, 1.807) is 0 Å². The quantitative estimate of drug-likeness (QED) is 0.649. The van der Waals surface area contributed by atoms with Gasteiger partial charge in [-0.25, -0.2) is 9.78 Å². The number of aryl methyl sites for hydroxylation is 1. The summed E-state index contributed by atoms with van der Waals surface area (Å²) in [7, 11) is -0.393. The zero-order chi connectivity index (χ0) is 23.9. The number of nitrogens with zero attached hydrogens (tertiary/aromatic N) is 1. The van der Waals surface area contributed by atoms with Crippen LogP contribution in [-0.4, -0.2) is 46.0 Å². The minimum absolute atomic E-state index is 0.00389. The van der Waals surface area contributed by atoms with E-state index in [2.05, 4.69) is 51.0 Å². The van der Waals surface area contributed by atoms with Gasteiger partial charge in [-0.2, -0.15) is 0 Å². The molecule has 3 rings (SSSR count). The maximum absolute atomic E-state index is 12.0. The van der Waals surface area contributed by atoms with Crippen molar-refractivity contribution in [3.8, 4) is 0 Å². The SMILES string of the molecule is CC(CCc1nc2ccc(B3OC(C)(C)C(C)(C)O3)cc2[nH]1)[C@@H](C)NC(=O)OC(C)(C)C. The van der Waals surface area contributed by atoms with Crippen LogP contribution in [0.25, 0.3) is 11.0 Å². The number of hydrogen-bond acceptors (Lipinski definition) is 5. The van der Waals surface area contributed by atoms with E-state index in [0.29, 0.717) is 0 Å². The fourth-order valence-corrected chi connectivity index (χ4v) is 3.57. The monoisotopic (exact) mass is 443 g/mol. The average molecular weight is 443 g/mol. The van der Waals surface area contributed by atoms with E-state index in [0.717, 1.165) is 35.2 Å². The minimum Gasteiger partial charge on any atom is -0.444 e. The molecule has 8 heteroatoms. The van der Waals surface area contributed by atoms with Crippen molar-refractivity contribution >= 4 is 29.7 Å². The van der Waals surface area contributed by atoms with Crippen molar-refractivity contribution in [3.05, 3.63) is 24.0 Å². The normalized spacial score (nSPS) is 19.7. The molecule has 176 valence electrons. The Morgan fingerprint density at radius 1 is 1.19 bits per heavy atom. The fourth-order valence-electron chi connectivity index (χ4n) is 3.57. The van der Waals surface area contributed by atoms with E-state index in [1.165, 1.54) is 0 Å². The topological polar surface area (TPSA) is 85.5 Å². The van der Waals surface area contributed by atoms with Gasteiger partial charge in [-0.1, -0.05) is 13.0 Å². The van der Waals surface area contributed by atoms with E-state index in [4.69, 9.17) is 19.0 Å². The van der Waals surface area contributed by atoms with E-state index >= 15 is 0 Å². The summed E-state index contributed by atoms with van der Waals surface area (Å²) in [5.74, 6) is 1.21. The molecule has 0 aliphatic carbocycles. The van der Waals surface area contributed by atoms with Crippen LogP contribution in [0.5, 0.6) is 0 Å². The van der Waals surface area contributed by atoms with Crippen LogP contribution in [0.15, 0.2) is 18.2 Å². The molecule has 2 aromatic rings. The van der Waals surface area contributed by atoms with Crippen LogP contribution in [0.4, 0.5) is 4.79 Å². The van der Waals surface area contributed by atoms with Crippen LogP contribution >= 0.6 is 0 Å². The standard InChI is InChI=1S/C24H38BN3O4/c1-15(16(2)26-21(29)30-22(3,4)5)10-13-20-27-18-12-11-17(14-19(18)28-20)25-31-23(6,7)24(8,9)32-25/h11-12,14-16H,10,13H2,1-9H3,(H,26,29)(H,27,28)/t15?,16-/m1/s1. The van der Waals surface area contributed by atoms with E-state index in [-0.39, 0.29) is 29.3 Å². The van der Waals surface area contributed by atoms with Crippen molar-refractivity contribution in [2.45, 2.75) is 98.0 Å². The number of carbonyl (C=O) groups excluding carboxylic acids is 1. The molecule has 1 fully saturated rings. The number of aromatic nitrogens is 2. The van der Waals surface area contributed by atoms with Gasteiger partial charge in [-0.05, 0) is 85.3 Å². The molecule has 1 saturated heterocycles. The lowest BCUT2D eigenvalue weighted by atomic mass is 9.79. The number of alkyl carbamates (subject to hydrolysis) is 1. The van der Waals surface area contributed by atoms with Gasteiger partial charge in [0.1, 0.15) is 11.4 Å². The number of H-pyrrole nitrogens is 1. The van der Waals surface area contributed by atoms with Crippen molar-refractivity contribution in [2.24, 2.45) is 5.92 Å². The van der Waals surface area contributed by atoms with Crippen LogP contribution < -0.4 is 10.8 Å². The van der Waals surface area contributed by atoms with Gasteiger partial charge in [0.15, 0.2) is 0 Å². The maximum atomic E-state index is 12.0. The third-order valence-corrected chi connectivity index (χ3v) is 6.51. The highest BCUT2D eigenvalue weighted by Gasteiger charge is 2.51. The first-order valence-electron chi connectivity index (χ1n) is 11.5. The third-order valence-electron chi connectivity index (χ3n) is 6.51. The third kappa shape index (κ3) is 5.65. The number of hydrogen-bond donors (Lipinski definition) is 2. The van der Waals surface area contributed by atoms with Crippen LogP contribution in [0.3, 0.4) is 0 Å². The Hall–Kier alpha value is -2.06. The molecule has 0 spiro atoms. The molecule has 0 saturated carbocycles. The van der Waals surface area contributed by atoms with Crippen molar-refractivity contribution in [3.63, 3.8) is 0 Å². The number of amides is 1. The summed E-state index contributed by atoms with van der Waals surface area (Å²) in [5, 5.41) is 2.93. The van der Waals surface area contributed by atoms with Crippen molar-refractivity contribution in [1.82, 2.24) is 15.3 Å². The van der Waals surface area contributed by atoms with Gasteiger partial charge in [-0.15, -0.1) is 0 Å². The average Bonchev–Trinajstić information content (AvgIpc) is 3.14. The number of aromatic amines is 1. The number of imidazole rings is 1. The van der Waals surface area contributed by atoms with Gasteiger partial charge >= 0.3 is 13.2 Å². The summed E-state index contributed by atoms with van der Waals surface area (Å²) in [6.07, 6.45) is 1.30. The van der Waals surface area contributed by atoms with Crippen LogP contribution in [0.2, 0.25) is 0 Å². The summed E-state index contributed by atoms with van der Waals surface area (Å²) in [4.78, 5) is 20.2. The molecular weight excluding hydrogens is 405 g/mol. The molecule has 1 aliphatic heterocycles. The lowest BCUT2D eigenvalue weighted by Crippen LogP contribution is -2.41. The van der Waals surface area contributed by atoms with Gasteiger partial charge in [0.2, 0.25) is 0 Å². The summed E-state index contributed by atoms with van der Waals surface area (Å²) < 4.78 is 17.7. The molecule has 32 heavy (non-hydrogen) atoms. The Morgan fingerprint density at radius 2 is 1.81 bits per heavy atom. The molecule has 1 amide bonds. The van der Waals surface area contributed by atoms with E-state index in [9.17, 15) is 4.79 Å². The molecule has 1 aromatic carbocycles. The van der Waals surface area contributed by atoms with Gasteiger partial charge in [-0.3, -0.25) is 0 Å². The lowest BCUT2D eigenvalue weighted by Gasteiger charge is -2.32. The summed E-state index contributed by atoms with van der Waals surface area (Å²) in [5.41, 5.74) is 1.64. The van der Waals surface area contributed by atoms with Crippen molar-refractivity contribution in [1.29, 1.82) is 0 Å². The molecule has 1 unspecified atom stereocenters. The summed E-state index contributed by atoms with van der Waals surface area (Å²) in [6.45, 7) is 17.9. The second kappa shape index (κ2) is 8.71. The van der Waals surface area contributed by atoms with Crippen molar-refractivity contribution < 1.29 is 18.8 Å². The zero-order valence-electron chi connectivity index (χ0n) is 21.0. The Balaban J connectivity index is 1.60. The van der Waals surface area contributed by atoms with Gasteiger partial charge in [0.25, 0.3) is 0 Å². The highest BCUT2D eigenvalue weighted by atomic mass is 16.7. The molecule has 1 aromatic heterocycles. The zero-order valence-corrected chi connectivity index (χ0v) is 21.0. The van der Waals surface area contributed by atoms with Crippen LogP contribution in [0, 0.1) is 5.92 Å². The van der Waals surface area contributed by atoms with E-state index in [1.807, 2.05) is 39.8 Å². The van der Waals surface area contributed by atoms with Crippen LogP contribution in [-0.2, 0) is 20.5 Å². The number of ether oxygens (including phenoxy) is 1. The fraction of sp³-hybridized carbons (Fsp3) is 0.667. The highest BCUT2D eigenvalue weighted by Crippen LogP contribution is 2.36. The molecule has 7 nitrogen and oxygen atoms in total.